The second-order valence-corrected chi connectivity index (χ2v) is 5.12. The number of likely N-dealkylation sites (N-methyl/N-ethyl adjacent to an activating group) is 1. The number of hydrogen-bond donors (Lipinski definition) is 1. The average molecular weight is 225 g/mol. The number of nitrogens with zero attached hydrogens (tertiary/aromatic N) is 2. The molecule has 0 amide bonds. The molecule has 3 nitrogen and oxygen atoms in total. The van der Waals surface area contributed by atoms with Crippen molar-refractivity contribution in [1.29, 1.82) is 0 Å². The van der Waals surface area contributed by atoms with Gasteiger partial charge in [-0.1, -0.05) is 20.3 Å². The molecular weight excluding hydrogens is 198 g/mol. The summed E-state index contributed by atoms with van der Waals surface area (Å²) in [5, 5.41) is 3.67. The van der Waals surface area contributed by atoms with Crippen LogP contribution in [-0.4, -0.2) is 61.2 Å². The SMILES string of the molecule is CCN(CC)CCN1CCNC2CCCC21. The first-order valence-corrected chi connectivity index (χ1v) is 7.05. The molecule has 1 saturated carbocycles. The first-order chi connectivity index (χ1) is 7.85. The van der Waals surface area contributed by atoms with E-state index in [2.05, 4.69) is 29.0 Å². The Morgan fingerprint density at radius 2 is 2.06 bits per heavy atom. The monoisotopic (exact) mass is 225 g/mol. The summed E-state index contributed by atoms with van der Waals surface area (Å²) in [6.07, 6.45) is 4.23. The molecule has 2 atom stereocenters. The van der Waals surface area contributed by atoms with E-state index in [0.717, 1.165) is 12.1 Å². The lowest BCUT2D eigenvalue weighted by Crippen LogP contribution is -2.56. The zero-order chi connectivity index (χ0) is 11.4. The number of rotatable bonds is 5. The molecular formula is C13H27N3. The molecule has 3 heteroatoms. The number of fused-ring (bicyclic) bond motifs is 1. The molecule has 94 valence electrons. The van der Waals surface area contributed by atoms with Gasteiger partial charge in [-0.05, 0) is 25.9 Å². The molecule has 0 aromatic carbocycles. The third-order valence-corrected chi connectivity index (χ3v) is 4.35. The number of nitrogens with one attached hydrogen (secondary N) is 1. The molecule has 1 aliphatic heterocycles. The Hall–Kier alpha value is -0.120. The van der Waals surface area contributed by atoms with Crippen LogP contribution in [0.3, 0.4) is 0 Å². The molecule has 2 unspecified atom stereocenters. The van der Waals surface area contributed by atoms with Crippen LogP contribution in [0.1, 0.15) is 33.1 Å². The highest BCUT2D eigenvalue weighted by Gasteiger charge is 2.34. The molecule has 1 aliphatic carbocycles. The quantitative estimate of drug-likeness (QED) is 0.757. The molecule has 1 N–H and O–H groups in total. The minimum atomic E-state index is 0.797. The summed E-state index contributed by atoms with van der Waals surface area (Å²) in [5.41, 5.74) is 0. The first kappa shape index (κ1) is 12.3. The Balaban J connectivity index is 1.79. The Bertz CT molecular complexity index is 203. The lowest BCUT2D eigenvalue weighted by molar-refractivity contribution is 0.119. The third-order valence-electron chi connectivity index (χ3n) is 4.35. The lowest BCUT2D eigenvalue weighted by Gasteiger charge is -2.39. The maximum absolute atomic E-state index is 3.67. The van der Waals surface area contributed by atoms with E-state index < -0.39 is 0 Å². The highest BCUT2D eigenvalue weighted by atomic mass is 15.3. The summed E-state index contributed by atoms with van der Waals surface area (Å²) in [5.74, 6) is 0. The highest BCUT2D eigenvalue weighted by Crippen LogP contribution is 2.26. The van der Waals surface area contributed by atoms with Crippen molar-refractivity contribution < 1.29 is 0 Å². The van der Waals surface area contributed by atoms with Gasteiger partial charge >= 0.3 is 0 Å². The van der Waals surface area contributed by atoms with Gasteiger partial charge in [-0.2, -0.15) is 0 Å². The van der Waals surface area contributed by atoms with Gasteiger partial charge < -0.3 is 10.2 Å². The molecule has 0 aromatic heterocycles. The van der Waals surface area contributed by atoms with Crippen LogP contribution >= 0.6 is 0 Å². The fraction of sp³-hybridized carbons (Fsp3) is 1.00. The molecule has 2 aliphatic rings. The molecule has 1 saturated heterocycles. The Morgan fingerprint density at radius 3 is 2.81 bits per heavy atom. The van der Waals surface area contributed by atoms with E-state index in [-0.39, 0.29) is 0 Å². The molecule has 0 bridgehead atoms. The average Bonchev–Trinajstić information content (AvgIpc) is 2.79. The van der Waals surface area contributed by atoms with Crippen LogP contribution in [0.15, 0.2) is 0 Å². The van der Waals surface area contributed by atoms with Crippen molar-refractivity contribution in [2.45, 2.75) is 45.2 Å². The zero-order valence-electron chi connectivity index (χ0n) is 10.9. The van der Waals surface area contributed by atoms with Crippen LogP contribution in [0.5, 0.6) is 0 Å². The van der Waals surface area contributed by atoms with E-state index in [4.69, 9.17) is 0 Å². The Kier molecular flexibility index (Phi) is 4.62. The molecule has 0 aromatic rings. The standard InChI is InChI=1S/C13H27N3/c1-3-15(4-2)10-11-16-9-8-14-12-6-5-7-13(12)16/h12-14H,3-11H2,1-2H3. The number of piperazine rings is 1. The van der Waals surface area contributed by atoms with Gasteiger partial charge in [-0.15, -0.1) is 0 Å². The highest BCUT2D eigenvalue weighted by molar-refractivity contribution is 4.94. The van der Waals surface area contributed by atoms with Crippen molar-refractivity contribution in [2.75, 3.05) is 39.3 Å². The normalized spacial score (nSPS) is 30.9. The van der Waals surface area contributed by atoms with Crippen molar-refractivity contribution in [1.82, 2.24) is 15.1 Å². The van der Waals surface area contributed by atoms with Crippen molar-refractivity contribution in [3.8, 4) is 0 Å². The van der Waals surface area contributed by atoms with Crippen LogP contribution in [0, 0.1) is 0 Å². The molecule has 2 rings (SSSR count). The second-order valence-electron chi connectivity index (χ2n) is 5.12. The van der Waals surface area contributed by atoms with Gasteiger partial charge in [0.05, 0.1) is 0 Å². The molecule has 16 heavy (non-hydrogen) atoms. The first-order valence-electron chi connectivity index (χ1n) is 7.05. The van der Waals surface area contributed by atoms with Crippen molar-refractivity contribution in [3.63, 3.8) is 0 Å². The molecule has 2 fully saturated rings. The van der Waals surface area contributed by atoms with Gasteiger partial charge in [0.25, 0.3) is 0 Å². The van der Waals surface area contributed by atoms with E-state index in [1.807, 2.05) is 0 Å². The van der Waals surface area contributed by atoms with E-state index in [1.165, 1.54) is 58.5 Å². The summed E-state index contributed by atoms with van der Waals surface area (Å²) >= 11 is 0. The fourth-order valence-corrected chi connectivity index (χ4v) is 3.26. The smallest absolute Gasteiger partial charge is 0.0250 e. The topological polar surface area (TPSA) is 18.5 Å². The molecule has 0 spiro atoms. The van der Waals surface area contributed by atoms with E-state index in [9.17, 15) is 0 Å². The van der Waals surface area contributed by atoms with Crippen LogP contribution in [0.4, 0.5) is 0 Å². The largest absolute Gasteiger partial charge is 0.311 e. The predicted octanol–water partition coefficient (Wildman–Crippen LogP) is 1.15. The lowest BCUT2D eigenvalue weighted by atomic mass is 10.1. The van der Waals surface area contributed by atoms with Gasteiger partial charge in [-0.25, -0.2) is 0 Å². The van der Waals surface area contributed by atoms with Gasteiger partial charge in [0.15, 0.2) is 0 Å². The van der Waals surface area contributed by atoms with Crippen LogP contribution in [0.25, 0.3) is 0 Å². The van der Waals surface area contributed by atoms with Gasteiger partial charge in [-0.3, -0.25) is 4.90 Å². The Morgan fingerprint density at radius 1 is 1.25 bits per heavy atom. The van der Waals surface area contributed by atoms with E-state index in [1.54, 1.807) is 0 Å². The maximum Gasteiger partial charge on any atom is 0.0250 e. The summed E-state index contributed by atoms with van der Waals surface area (Å²) in [6, 6.07) is 1.63. The zero-order valence-corrected chi connectivity index (χ0v) is 10.9. The number of hydrogen-bond acceptors (Lipinski definition) is 3. The summed E-state index contributed by atoms with van der Waals surface area (Å²) in [6.45, 7) is 11.9. The van der Waals surface area contributed by atoms with Crippen LogP contribution in [0.2, 0.25) is 0 Å². The molecule has 1 heterocycles. The molecule has 0 radical (unpaired) electrons. The summed E-state index contributed by atoms with van der Waals surface area (Å²) in [7, 11) is 0. The van der Waals surface area contributed by atoms with E-state index in [0.29, 0.717) is 0 Å². The minimum Gasteiger partial charge on any atom is -0.311 e. The third kappa shape index (κ3) is 2.76. The predicted molar refractivity (Wildman–Crippen MR) is 68.8 cm³/mol. The fourth-order valence-electron chi connectivity index (χ4n) is 3.26. The maximum atomic E-state index is 3.67. The minimum absolute atomic E-state index is 0.797. The van der Waals surface area contributed by atoms with Crippen molar-refractivity contribution >= 4 is 0 Å². The van der Waals surface area contributed by atoms with Crippen molar-refractivity contribution in [2.24, 2.45) is 0 Å². The van der Waals surface area contributed by atoms with Gasteiger partial charge in [0.1, 0.15) is 0 Å². The van der Waals surface area contributed by atoms with Crippen LogP contribution < -0.4 is 5.32 Å². The van der Waals surface area contributed by atoms with Crippen molar-refractivity contribution in [3.05, 3.63) is 0 Å². The second kappa shape index (κ2) is 5.99. The summed E-state index contributed by atoms with van der Waals surface area (Å²) in [4.78, 5) is 5.26. The Labute approximate surface area is 100 Å². The van der Waals surface area contributed by atoms with Crippen LogP contribution in [-0.2, 0) is 0 Å². The van der Waals surface area contributed by atoms with E-state index >= 15 is 0 Å². The summed E-state index contributed by atoms with van der Waals surface area (Å²) < 4.78 is 0. The van der Waals surface area contributed by atoms with Gasteiger partial charge in [0.2, 0.25) is 0 Å². The van der Waals surface area contributed by atoms with Gasteiger partial charge in [0, 0.05) is 38.3 Å².